The van der Waals surface area contributed by atoms with Crippen LogP contribution in [0.4, 0.5) is 5.69 Å². The Hall–Kier alpha value is -1.27. The highest BCUT2D eigenvalue weighted by Crippen LogP contribution is 2.34. The zero-order valence-electron chi connectivity index (χ0n) is 9.05. The van der Waals surface area contributed by atoms with E-state index in [1.165, 1.54) is 25.2 Å². The van der Waals surface area contributed by atoms with Crippen LogP contribution in [0.5, 0.6) is 5.88 Å². The molecule has 0 bridgehead atoms. The Balaban J connectivity index is 2.30. The molecule has 2 rings (SSSR count). The molecule has 0 saturated heterocycles. The Morgan fingerprint density at radius 1 is 1.35 bits per heavy atom. The molecule has 0 unspecified atom stereocenters. The summed E-state index contributed by atoms with van der Waals surface area (Å²) in [6.45, 7) is 0. The number of nitrogens with zero attached hydrogens (tertiary/aromatic N) is 2. The summed E-state index contributed by atoms with van der Waals surface area (Å²) in [6.07, 6.45) is 1.44. The summed E-state index contributed by atoms with van der Waals surface area (Å²) in [5.74, 6) is 0.400. The SMILES string of the molecule is COc1ncnc(Sc2cccc(Br)c2)c1N. The van der Waals surface area contributed by atoms with E-state index in [0.29, 0.717) is 16.6 Å². The molecule has 0 atom stereocenters. The van der Waals surface area contributed by atoms with Crippen LogP contribution in [-0.2, 0) is 0 Å². The van der Waals surface area contributed by atoms with Crippen LogP contribution >= 0.6 is 27.7 Å². The number of nitrogen functional groups attached to an aromatic ring is 1. The van der Waals surface area contributed by atoms with Crippen molar-refractivity contribution in [2.45, 2.75) is 9.92 Å². The molecule has 1 aromatic heterocycles. The Morgan fingerprint density at radius 3 is 2.88 bits per heavy atom. The number of halogens is 1. The van der Waals surface area contributed by atoms with Crippen molar-refractivity contribution in [3.05, 3.63) is 35.1 Å². The van der Waals surface area contributed by atoms with Gasteiger partial charge in [-0.15, -0.1) is 0 Å². The van der Waals surface area contributed by atoms with Crippen LogP contribution in [0.2, 0.25) is 0 Å². The van der Waals surface area contributed by atoms with Crippen molar-refractivity contribution in [2.75, 3.05) is 12.8 Å². The highest BCUT2D eigenvalue weighted by molar-refractivity contribution is 9.10. The molecule has 0 amide bonds. The van der Waals surface area contributed by atoms with Gasteiger partial charge in [-0.1, -0.05) is 33.8 Å². The largest absolute Gasteiger partial charge is 0.479 e. The van der Waals surface area contributed by atoms with E-state index in [4.69, 9.17) is 10.5 Å². The first-order valence-electron chi connectivity index (χ1n) is 4.78. The second-order valence-corrected chi connectivity index (χ2v) is 5.14. The van der Waals surface area contributed by atoms with Crippen LogP contribution in [-0.4, -0.2) is 17.1 Å². The molecule has 4 nitrogen and oxygen atoms in total. The van der Waals surface area contributed by atoms with Crippen molar-refractivity contribution in [3.8, 4) is 5.88 Å². The van der Waals surface area contributed by atoms with E-state index in [1.807, 2.05) is 24.3 Å². The molecule has 2 aromatic rings. The third-order valence-corrected chi connectivity index (χ3v) is 3.52. The summed E-state index contributed by atoms with van der Waals surface area (Å²) in [5.41, 5.74) is 6.36. The number of nitrogens with two attached hydrogens (primary N) is 1. The van der Waals surface area contributed by atoms with Crippen molar-refractivity contribution >= 4 is 33.4 Å². The van der Waals surface area contributed by atoms with Crippen molar-refractivity contribution in [1.29, 1.82) is 0 Å². The van der Waals surface area contributed by atoms with Crippen LogP contribution in [0.3, 0.4) is 0 Å². The number of rotatable bonds is 3. The Morgan fingerprint density at radius 2 is 2.18 bits per heavy atom. The lowest BCUT2D eigenvalue weighted by molar-refractivity contribution is 0.397. The van der Waals surface area contributed by atoms with Gasteiger partial charge in [-0.3, -0.25) is 0 Å². The smallest absolute Gasteiger partial charge is 0.241 e. The number of anilines is 1. The molecule has 0 aliphatic carbocycles. The summed E-state index contributed by atoms with van der Waals surface area (Å²) < 4.78 is 6.06. The topological polar surface area (TPSA) is 61.0 Å². The minimum absolute atomic E-state index is 0.400. The third kappa shape index (κ3) is 2.89. The van der Waals surface area contributed by atoms with E-state index in [9.17, 15) is 0 Å². The molecule has 0 spiro atoms. The molecule has 0 aliphatic rings. The van der Waals surface area contributed by atoms with Gasteiger partial charge < -0.3 is 10.5 Å². The number of benzene rings is 1. The van der Waals surface area contributed by atoms with Crippen LogP contribution in [0.15, 0.2) is 45.0 Å². The quantitative estimate of drug-likeness (QED) is 0.883. The molecule has 6 heteroatoms. The van der Waals surface area contributed by atoms with Crippen LogP contribution < -0.4 is 10.5 Å². The van der Waals surface area contributed by atoms with Crippen LogP contribution in [0.25, 0.3) is 0 Å². The van der Waals surface area contributed by atoms with Crippen LogP contribution in [0, 0.1) is 0 Å². The number of hydrogen-bond acceptors (Lipinski definition) is 5. The lowest BCUT2D eigenvalue weighted by atomic mass is 10.4. The van der Waals surface area contributed by atoms with Crippen LogP contribution in [0.1, 0.15) is 0 Å². The van der Waals surface area contributed by atoms with E-state index in [0.717, 1.165) is 9.37 Å². The van der Waals surface area contributed by atoms with Gasteiger partial charge in [0.25, 0.3) is 0 Å². The maximum atomic E-state index is 5.90. The second-order valence-electron chi connectivity index (χ2n) is 3.16. The molecule has 17 heavy (non-hydrogen) atoms. The van der Waals surface area contributed by atoms with Gasteiger partial charge in [-0.25, -0.2) is 4.98 Å². The molecule has 2 N–H and O–H groups in total. The van der Waals surface area contributed by atoms with E-state index >= 15 is 0 Å². The normalized spacial score (nSPS) is 10.2. The molecule has 0 radical (unpaired) electrons. The fraction of sp³-hybridized carbons (Fsp3) is 0.0909. The maximum absolute atomic E-state index is 5.90. The summed E-state index contributed by atoms with van der Waals surface area (Å²) in [5, 5.41) is 0.690. The molecule has 1 heterocycles. The predicted octanol–water partition coefficient (Wildman–Crippen LogP) is 2.98. The van der Waals surface area contributed by atoms with Crippen molar-refractivity contribution in [2.24, 2.45) is 0 Å². The Labute approximate surface area is 112 Å². The second kappa shape index (κ2) is 5.37. The number of ether oxygens (including phenoxy) is 1. The van der Waals surface area contributed by atoms with Gasteiger partial charge in [0.2, 0.25) is 5.88 Å². The van der Waals surface area contributed by atoms with Gasteiger partial charge in [0, 0.05) is 9.37 Å². The molecule has 0 fully saturated rings. The van der Waals surface area contributed by atoms with Gasteiger partial charge >= 0.3 is 0 Å². The highest BCUT2D eigenvalue weighted by atomic mass is 79.9. The molecule has 88 valence electrons. The van der Waals surface area contributed by atoms with Crippen molar-refractivity contribution in [1.82, 2.24) is 9.97 Å². The molecular weight excluding hydrogens is 302 g/mol. The first-order chi connectivity index (χ1) is 8.20. The lowest BCUT2D eigenvalue weighted by Crippen LogP contribution is -1.98. The first kappa shape index (κ1) is 12.2. The Bertz CT molecular complexity index is 536. The molecule has 0 saturated carbocycles. The van der Waals surface area contributed by atoms with E-state index < -0.39 is 0 Å². The number of aromatic nitrogens is 2. The summed E-state index contributed by atoms with van der Waals surface area (Å²) in [7, 11) is 1.53. The zero-order chi connectivity index (χ0) is 12.3. The van der Waals surface area contributed by atoms with E-state index in [2.05, 4.69) is 25.9 Å². The summed E-state index contributed by atoms with van der Waals surface area (Å²) in [4.78, 5) is 9.13. The third-order valence-electron chi connectivity index (χ3n) is 2.01. The molecular formula is C11H10BrN3OS. The van der Waals surface area contributed by atoms with Gasteiger partial charge in [-0.2, -0.15) is 4.98 Å². The van der Waals surface area contributed by atoms with Gasteiger partial charge in [-0.05, 0) is 18.2 Å². The number of methoxy groups -OCH3 is 1. The minimum Gasteiger partial charge on any atom is -0.479 e. The molecule has 1 aromatic carbocycles. The standard InChI is InChI=1S/C11H10BrN3OS/c1-16-10-9(13)11(15-6-14-10)17-8-4-2-3-7(12)5-8/h2-6H,13H2,1H3. The summed E-state index contributed by atoms with van der Waals surface area (Å²) >= 11 is 4.89. The fourth-order valence-electron chi connectivity index (χ4n) is 1.25. The zero-order valence-corrected chi connectivity index (χ0v) is 11.5. The predicted molar refractivity (Wildman–Crippen MR) is 71.3 cm³/mol. The van der Waals surface area contributed by atoms with E-state index in [1.54, 1.807) is 0 Å². The van der Waals surface area contributed by atoms with Gasteiger partial charge in [0.05, 0.1) is 7.11 Å². The lowest BCUT2D eigenvalue weighted by Gasteiger charge is -2.07. The number of hydrogen-bond donors (Lipinski definition) is 1. The average molecular weight is 312 g/mol. The Kier molecular flexibility index (Phi) is 3.86. The maximum Gasteiger partial charge on any atom is 0.241 e. The summed E-state index contributed by atoms with van der Waals surface area (Å²) in [6, 6.07) is 7.91. The highest BCUT2D eigenvalue weighted by Gasteiger charge is 2.09. The van der Waals surface area contributed by atoms with E-state index in [-0.39, 0.29) is 0 Å². The van der Waals surface area contributed by atoms with Gasteiger partial charge in [0.1, 0.15) is 17.0 Å². The fourth-order valence-corrected chi connectivity index (χ4v) is 2.65. The average Bonchev–Trinajstić information content (AvgIpc) is 2.32. The first-order valence-corrected chi connectivity index (χ1v) is 6.39. The van der Waals surface area contributed by atoms with Gasteiger partial charge in [0.15, 0.2) is 0 Å². The monoisotopic (exact) mass is 311 g/mol. The minimum atomic E-state index is 0.400. The van der Waals surface area contributed by atoms with Crippen molar-refractivity contribution < 1.29 is 4.74 Å². The van der Waals surface area contributed by atoms with Crippen molar-refractivity contribution in [3.63, 3.8) is 0 Å². The molecule has 0 aliphatic heterocycles.